The van der Waals surface area contributed by atoms with Gasteiger partial charge in [0.05, 0.1) is 24.5 Å². The summed E-state index contributed by atoms with van der Waals surface area (Å²) < 4.78 is 7.43. The van der Waals surface area contributed by atoms with Crippen LogP contribution in [0.5, 0.6) is 5.75 Å². The zero-order valence-electron chi connectivity index (χ0n) is 16.1. The van der Waals surface area contributed by atoms with Gasteiger partial charge in [-0.25, -0.2) is 4.98 Å². The standard InChI is InChI=1S/C23H25N3O2/c1-28-18-10-8-16(9-11-18)19-13-20(19)23(27)26-12-4-5-17(26)14-25-15-24-21-6-2-3-7-22(21)25/h2-3,6-11,15,17,19-20H,4-5,12-14H2,1H3/t17-,19-,20-/m0/s1. The highest BCUT2D eigenvalue weighted by Crippen LogP contribution is 2.49. The zero-order valence-corrected chi connectivity index (χ0v) is 16.1. The van der Waals surface area contributed by atoms with Crippen LogP contribution in [0.15, 0.2) is 54.9 Å². The molecule has 0 unspecified atom stereocenters. The molecule has 3 aromatic rings. The molecule has 28 heavy (non-hydrogen) atoms. The molecule has 0 bridgehead atoms. The van der Waals surface area contributed by atoms with E-state index in [4.69, 9.17) is 4.74 Å². The third-order valence-electron chi connectivity index (χ3n) is 6.25. The molecule has 144 valence electrons. The molecule has 5 rings (SSSR count). The third-order valence-corrected chi connectivity index (χ3v) is 6.25. The van der Waals surface area contributed by atoms with E-state index in [9.17, 15) is 4.79 Å². The number of para-hydroxylation sites is 2. The summed E-state index contributed by atoms with van der Waals surface area (Å²) in [6.45, 7) is 1.70. The molecule has 2 aliphatic rings. The van der Waals surface area contributed by atoms with E-state index in [0.29, 0.717) is 11.8 Å². The lowest BCUT2D eigenvalue weighted by molar-refractivity contribution is -0.133. The van der Waals surface area contributed by atoms with Gasteiger partial charge in [-0.3, -0.25) is 4.79 Å². The van der Waals surface area contributed by atoms with Crippen molar-refractivity contribution in [3.05, 3.63) is 60.4 Å². The zero-order chi connectivity index (χ0) is 19.1. The van der Waals surface area contributed by atoms with Crippen molar-refractivity contribution in [1.82, 2.24) is 14.5 Å². The number of carbonyl (C=O) groups excluding carboxylic acids is 1. The highest BCUT2D eigenvalue weighted by atomic mass is 16.5. The monoisotopic (exact) mass is 375 g/mol. The molecule has 0 radical (unpaired) electrons. The molecule has 1 amide bonds. The van der Waals surface area contributed by atoms with Crippen LogP contribution in [0.4, 0.5) is 0 Å². The Kier molecular flexibility index (Phi) is 4.30. The number of amides is 1. The fraction of sp³-hybridized carbons (Fsp3) is 0.391. The number of rotatable bonds is 5. The Morgan fingerprint density at radius 1 is 1.18 bits per heavy atom. The van der Waals surface area contributed by atoms with Crippen molar-refractivity contribution in [3.63, 3.8) is 0 Å². The summed E-state index contributed by atoms with van der Waals surface area (Å²) in [5.74, 6) is 1.68. The van der Waals surface area contributed by atoms with Gasteiger partial charge in [-0.15, -0.1) is 0 Å². The van der Waals surface area contributed by atoms with Gasteiger partial charge in [-0.2, -0.15) is 0 Å². The maximum absolute atomic E-state index is 13.2. The predicted octanol–water partition coefficient (Wildman–Crippen LogP) is 3.84. The Labute approximate surface area is 164 Å². The molecule has 1 aromatic heterocycles. The summed E-state index contributed by atoms with van der Waals surface area (Å²) in [6.07, 6.45) is 5.02. The van der Waals surface area contributed by atoms with Crippen molar-refractivity contribution in [2.45, 2.75) is 37.8 Å². The van der Waals surface area contributed by atoms with E-state index in [1.54, 1.807) is 7.11 Å². The molecule has 1 saturated carbocycles. The smallest absolute Gasteiger partial charge is 0.226 e. The minimum atomic E-state index is 0.133. The number of nitrogens with zero attached hydrogens (tertiary/aromatic N) is 3. The lowest BCUT2D eigenvalue weighted by Gasteiger charge is -2.25. The average molecular weight is 375 g/mol. The summed E-state index contributed by atoms with van der Waals surface area (Å²) >= 11 is 0. The number of likely N-dealkylation sites (tertiary alicyclic amines) is 1. The van der Waals surface area contributed by atoms with Crippen LogP contribution in [0.2, 0.25) is 0 Å². The lowest BCUT2D eigenvalue weighted by Crippen LogP contribution is -2.39. The minimum absolute atomic E-state index is 0.133. The fourth-order valence-corrected chi connectivity index (χ4v) is 4.60. The van der Waals surface area contributed by atoms with Gasteiger partial charge in [0, 0.05) is 25.0 Å². The molecule has 5 heteroatoms. The van der Waals surface area contributed by atoms with Crippen LogP contribution in [-0.2, 0) is 11.3 Å². The van der Waals surface area contributed by atoms with Gasteiger partial charge >= 0.3 is 0 Å². The van der Waals surface area contributed by atoms with E-state index in [1.165, 1.54) is 5.56 Å². The molecular weight excluding hydrogens is 350 g/mol. The van der Waals surface area contributed by atoms with Crippen molar-refractivity contribution in [2.24, 2.45) is 5.92 Å². The number of hydrogen-bond donors (Lipinski definition) is 0. The van der Waals surface area contributed by atoms with E-state index < -0.39 is 0 Å². The summed E-state index contributed by atoms with van der Waals surface area (Å²) in [7, 11) is 1.68. The van der Waals surface area contributed by atoms with E-state index in [-0.39, 0.29) is 12.0 Å². The van der Waals surface area contributed by atoms with E-state index in [2.05, 4.69) is 32.7 Å². The normalized spacial score (nSPS) is 23.9. The first kappa shape index (κ1) is 17.3. The quantitative estimate of drug-likeness (QED) is 0.681. The Bertz CT molecular complexity index is 995. The van der Waals surface area contributed by atoms with Crippen LogP contribution in [0.1, 0.15) is 30.7 Å². The Balaban J connectivity index is 1.28. The second-order valence-electron chi connectivity index (χ2n) is 7.94. The van der Waals surface area contributed by atoms with Gasteiger partial charge in [0.25, 0.3) is 0 Å². The van der Waals surface area contributed by atoms with Crippen molar-refractivity contribution >= 4 is 16.9 Å². The predicted molar refractivity (Wildman–Crippen MR) is 108 cm³/mol. The van der Waals surface area contributed by atoms with Crippen LogP contribution < -0.4 is 4.74 Å². The van der Waals surface area contributed by atoms with E-state index in [0.717, 1.165) is 49.1 Å². The van der Waals surface area contributed by atoms with Gasteiger partial charge < -0.3 is 14.2 Å². The molecule has 1 saturated heterocycles. The number of imidazole rings is 1. The summed E-state index contributed by atoms with van der Waals surface area (Å²) in [5, 5.41) is 0. The number of ether oxygens (including phenoxy) is 1. The summed E-state index contributed by atoms with van der Waals surface area (Å²) in [6, 6.07) is 16.6. The topological polar surface area (TPSA) is 47.4 Å². The third kappa shape index (κ3) is 3.05. The van der Waals surface area contributed by atoms with Crippen LogP contribution in [-0.4, -0.2) is 40.1 Å². The highest BCUT2D eigenvalue weighted by molar-refractivity contribution is 5.83. The molecule has 0 N–H and O–H groups in total. The number of aromatic nitrogens is 2. The lowest BCUT2D eigenvalue weighted by atomic mass is 10.1. The first-order chi connectivity index (χ1) is 13.7. The first-order valence-corrected chi connectivity index (χ1v) is 10.1. The number of hydrogen-bond acceptors (Lipinski definition) is 3. The first-order valence-electron chi connectivity index (χ1n) is 10.1. The van der Waals surface area contributed by atoms with Crippen LogP contribution in [0.25, 0.3) is 11.0 Å². The van der Waals surface area contributed by atoms with Gasteiger partial charge in [-0.05, 0) is 55.0 Å². The second kappa shape index (κ2) is 6.97. The number of benzene rings is 2. The van der Waals surface area contributed by atoms with E-state index in [1.807, 2.05) is 36.7 Å². The van der Waals surface area contributed by atoms with Crippen molar-refractivity contribution < 1.29 is 9.53 Å². The molecule has 3 atom stereocenters. The van der Waals surface area contributed by atoms with Crippen LogP contribution in [0.3, 0.4) is 0 Å². The number of methoxy groups -OCH3 is 1. The van der Waals surface area contributed by atoms with Crippen molar-refractivity contribution in [2.75, 3.05) is 13.7 Å². The Morgan fingerprint density at radius 2 is 2.00 bits per heavy atom. The maximum Gasteiger partial charge on any atom is 0.226 e. The molecular formula is C23H25N3O2. The summed E-state index contributed by atoms with van der Waals surface area (Å²) in [5.41, 5.74) is 3.40. The largest absolute Gasteiger partial charge is 0.497 e. The fourth-order valence-electron chi connectivity index (χ4n) is 4.60. The second-order valence-corrected chi connectivity index (χ2v) is 7.94. The molecule has 2 fully saturated rings. The van der Waals surface area contributed by atoms with Crippen LogP contribution in [0, 0.1) is 5.92 Å². The van der Waals surface area contributed by atoms with E-state index >= 15 is 0 Å². The molecule has 1 aliphatic carbocycles. The minimum Gasteiger partial charge on any atom is -0.497 e. The van der Waals surface area contributed by atoms with Gasteiger partial charge in [-0.1, -0.05) is 24.3 Å². The molecule has 0 spiro atoms. The molecule has 2 heterocycles. The Hall–Kier alpha value is -2.82. The highest BCUT2D eigenvalue weighted by Gasteiger charge is 2.47. The molecule has 2 aromatic carbocycles. The summed E-state index contributed by atoms with van der Waals surface area (Å²) in [4.78, 5) is 19.8. The SMILES string of the molecule is COc1ccc([C@@H]2C[C@@H]2C(=O)N2CCC[C@H]2Cn2cnc3ccccc32)cc1. The number of fused-ring (bicyclic) bond motifs is 1. The Morgan fingerprint density at radius 3 is 2.82 bits per heavy atom. The molecule has 5 nitrogen and oxygen atoms in total. The van der Waals surface area contributed by atoms with Gasteiger partial charge in [0.2, 0.25) is 5.91 Å². The van der Waals surface area contributed by atoms with Gasteiger partial charge in [0.15, 0.2) is 0 Å². The average Bonchev–Trinajstić information content (AvgIpc) is 3.23. The van der Waals surface area contributed by atoms with Crippen molar-refractivity contribution in [1.29, 1.82) is 0 Å². The van der Waals surface area contributed by atoms with Gasteiger partial charge in [0.1, 0.15) is 5.75 Å². The van der Waals surface area contributed by atoms with Crippen LogP contribution >= 0.6 is 0 Å². The molecule has 1 aliphatic heterocycles. The van der Waals surface area contributed by atoms with Crippen molar-refractivity contribution in [3.8, 4) is 5.75 Å². The maximum atomic E-state index is 13.2. The number of carbonyl (C=O) groups is 1.